The molecule has 0 aromatic carbocycles. The molecule has 2 heteroatoms. The molecule has 0 amide bonds. The zero-order chi connectivity index (χ0) is 8.20. The first-order valence-electron chi connectivity index (χ1n) is 4.07. The van der Waals surface area contributed by atoms with Crippen LogP contribution in [-0.2, 0) is 4.74 Å². The molecule has 1 nitrogen and oxygen atoms in total. The number of hydrogen-bond donors (Lipinski definition) is 0. The molecule has 0 aliphatic heterocycles. The van der Waals surface area contributed by atoms with E-state index in [0.29, 0.717) is 5.85 Å². The van der Waals surface area contributed by atoms with E-state index in [9.17, 15) is 0 Å². The van der Waals surface area contributed by atoms with Gasteiger partial charge in [-0.3, -0.25) is 0 Å². The monoisotopic (exact) mass is 164 g/mol. The molecular weight excluding hydrogens is 143 g/mol. The van der Waals surface area contributed by atoms with Crippen molar-refractivity contribution in [1.82, 2.24) is 0 Å². The number of methoxy groups -OCH3 is 1. The average Bonchev–Trinajstić information content (AvgIpc) is 1.86. The second-order valence-electron chi connectivity index (χ2n) is 3.62. The van der Waals surface area contributed by atoms with Crippen LogP contribution in [0.5, 0.6) is 0 Å². The van der Waals surface area contributed by atoms with Crippen LogP contribution < -0.4 is 0 Å². The van der Waals surface area contributed by atoms with Gasteiger partial charge >= 0.3 is 64.7 Å². The van der Waals surface area contributed by atoms with Gasteiger partial charge in [-0.25, -0.2) is 0 Å². The first-order valence-corrected chi connectivity index (χ1v) is 7.36. The summed E-state index contributed by atoms with van der Waals surface area (Å²) in [6.07, 6.45) is 2.68. The molecule has 1 atom stereocenters. The van der Waals surface area contributed by atoms with Gasteiger partial charge in [-0.2, -0.15) is 0 Å². The Morgan fingerprint density at radius 1 is 1.40 bits per heavy atom. The molecule has 0 spiro atoms. The molecule has 0 aromatic rings. The quantitative estimate of drug-likeness (QED) is 0.580. The van der Waals surface area contributed by atoms with Crippen molar-refractivity contribution in [2.45, 2.75) is 26.1 Å². The fourth-order valence-electron chi connectivity index (χ4n) is 1.17. The van der Waals surface area contributed by atoms with E-state index in [2.05, 4.69) is 27.2 Å². The van der Waals surface area contributed by atoms with Gasteiger partial charge in [0.2, 0.25) is 0 Å². The van der Waals surface area contributed by atoms with Gasteiger partial charge in [-0.05, 0) is 0 Å². The van der Waals surface area contributed by atoms with Crippen molar-refractivity contribution in [3.05, 3.63) is 0 Å². The number of rotatable bonds is 4. The molecule has 64 valence electrons. The van der Waals surface area contributed by atoms with E-state index in [1.807, 2.05) is 7.11 Å². The predicted octanol–water partition coefficient (Wildman–Crippen LogP) is 2.40. The second kappa shape index (κ2) is 4.31. The van der Waals surface area contributed by atoms with E-state index >= 15 is 0 Å². The van der Waals surface area contributed by atoms with Crippen LogP contribution >= 0.6 is 7.26 Å². The summed E-state index contributed by atoms with van der Waals surface area (Å²) in [6, 6.07) is 0. The van der Waals surface area contributed by atoms with Crippen LogP contribution in [0.4, 0.5) is 0 Å². The first-order chi connectivity index (χ1) is 4.54. The molecule has 0 aliphatic carbocycles. The Morgan fingerprint density at radius 2 is 1.90 bits per heavy atom. The van der Waals surface area contributed by atoms with Gasteiger partial charge in [-0.1, -0.05) is 0 Å². The van der Waals surface area contributed by atoms with Crippen molar-refractivity contribution in [3.8, 4) is 0 Å². The van der Waals surface area contributed by atoms with Gasteiger partial charge in [0.05, 0.1) is 0 Å². The van der Waals surface area contributed by atoms with Crippen molar-refractivity contribution in [2.24, 2.45) is 0 Å². The summed E-state index contributed by atoms with van der Waals surface area (Å²) in [6.45, 7) is 9.23. The Morgan fingerprint density at radius 3 is 2.20 bits per heavy atom. The minimum absolute atomic E-state index is 0.507. The Balaban J connectivity index is 3.82. The van der Waals surface area contributed by atoms with Crippen LogP contribution in [0.2, 0.25) is 0 Å². The van der Waals surface area contributed by atoms with Crippen LogP contribution in [-0.4, -0.2) is 32.4 Å². The van der Waals surface area contributed by atoms with Gasteiger partial charge in [0, 0.05) is 0 Å². The molecule has 0 N–H and O–H groups in total. The SMILES string of the molecule is CCC[PH](C)(C)C(C)OC. The molecule has 1 unspecified atom stereocenters. The van der Waals surface area contributed by atoms with Gasteiger partial charge in [0.25, 0.3) is 0 Å². The third-order valence-electron chi connectivity index (χ3n) is 2.35. The molecule has 10 heavy (non-hydrogen) atoms. The molecule has 0 saturated heterocycles. The molecule has 0 aliphatic rings. The average molecular weight is 164 g/mol. The Labute approximate surface area is 65.5 Å². The van der Waals surface area contributed by atoms with Crippen LogP contribution in [0.15, 0.2) is 0 Å². The summed E-state index contributed by atoms with van der Waals surface area (Å²) in [7, 11) is 0.786. The number of hydrogen-bond acceptors (Lipinski definition) is 1. The van der Waals surface area contributed by atoms with E-state index in [-0.39, 0.29) is 0 Å². The Bertz CT molecular complexity index is 91.3. The molecule has 0 heterocycles. The third kappa shape index (κ3) is 2.98. The summed E-state index contributed by atoms with van der Waals surface area (Å²) < 4.78 is 5.33. The van der Waals surface area contributed by atoms with Crippen molar-refractivity contribution in [3.63, 3.8) is 0 Å². The molecular formula is C8H21OP. The summed E-state index contributed by atoms with van der Waals surface area (Å²) in [5.41, 5.74) is 0. The number of ether oxygens (including phenoxy) is 1. The maximum absolute atomic E-state index is 5.33. The molecule has 0 fully saturated rings. The van der Waals surface area contributed by atoms with Crippen LogP contribution in [0.1, 0.15) is 20.3 Å². The zero-order valence-corrected chi connectivity index (χ0v) is 8.90. The van der Waals surface area contributed by atoms with Crippen molar-refractivity contribution in [2.75, 3.05) is 26.6 Å². The molecule has 0 saturated carbocycles. The predicted molar refractivity (Wildman–Crippen MR) is 51.8 cm³/mol. The standard InChI is InChI=1S/C8H21OP/c1-6-7-10(4,5)8(2)9-3/h8,10H,6-7H2,1-5H3. The van der Waals surface area contributed by atoms with E-state index < -0.39 is 7.26 Å². The van der Waals surface area contributed by atoms with Crippen LogP contribution in [0.25, 0.3) is 0 Å². The van der Waals surface area contributed by atoms with E-state index in [1.165, 1.54) is 12.6 Å². The summed E-state index contributed by atoms with van der Waals surface area (Å²) in [5.74, 6) is 0.507. The summed E-state index contributed by atoms with van der Waals surface area (Å²) in [4.78, 5) is 0. The molecule has 0 bridgehead atoms. The van der Waals surface area contributed by atoms with Crippen molar-refractivity contribution < 1.29 is 4.74 Å². The normalized spacial score (nSPS) is 16.9. The topological polar surface area (TPSA) is 9.23 Å². The van der Waals surface area contributed by atoms with E-state index in [4.69, 9.17) is 4.74 Å². The zero-order valence-electron chi connectivity index (χ0n) is 7.90. The Kier molecular flexibility index (Phi) is 4.47. The molecule has 0 radical (unpaired) electrons. The Hall–Kier alpha value is 0.390. The summed E-state index contributed by atoms with van der Waals surface area (Å²) >= 11 is 0. The van der Waals surface area contributed by atoms with Crippen molar-refractivity contribution in [1.29, 1.82) is 0 Å². The van der Waals surface area contributed by atoms with Gasteiger partial charge in [0.15, 0.2) is 0 Å². The third-order valence-corrected chi connectivity index (χ3v) is 6.57. The van der Waals surface area contributed by atoms with Crippen LogP contribution in [0.3, 0.4) is 0 Å². The van der Waals surface area contributed by atoms with Gasteiger partial charge in [-0.15, -0.1) is 0 Å². The van der Waals surface area contributed by atoms with Crippen molar-refractivity contribution >= 4 is 7.26 Å². The minimum atomic E-state index is -1.03. The molecule has 0 aromatic heterocycles. The first kappa shape index (κ1) is 10.4. The molecule has 0 rings (SSSR count). The second-order valence-corrected chi connectivity index (χ2v) is 8.91. The maximum atomic E-state index is 5.33. The summed E-state index contributed by atoms with van der Waals surface area (Å²) in [5, 5.41) is 0. The van der Waals surface area contributed by atoms with Crippen LogP contribution in [0, 0.1) is 0 Å². The van der Waals surface area contributed by atoms with E-state index in [1.54, 1.807) is 0 Å². The fourth-order valence-corrected chi connectivity index (χ4v) is 3.50. The van der Waals surface area contributed by atoms with Gasteiger partial charge < -0.3 is 0 Å². The van der Waals surface area contributed by atoms with E-state index in [0.717, 1.165) is 0 Å². The van der Waals surface area contributed by atoms with Gasteiger partial charge in [0.1, 0.15) is 0 Å². The fraction of sp³-hybridized carbons (Fsp3) is 1.00.